The van der Waals surface area contributed by atoms with Crippen molar-refractivity contribution in [3.63, 3.8) is 0 Å². The fraction of sp³-hybridized carbons (Fsp3) is 0.667. The van der Waals surface area contributed by atoms with E-state index in [2.05, 4.69) is 21.5 Å². The summed E-state index contributed by atoms with van der Waals surface area (Å²) in [5.41, 5.74) is 0. The van der Waals surface area contributed by atoms with Crippen molar-refractivity contribution in [3.05, 3.63) is 18.1 Å². The number of nitrogens with one attached hydrogen (secondary N) is 1. The summed E-state index contributed by atoms with van der Waals surface area (Å²) in [6.07, 6.45) is 9.03. The smallest absolute Gasteiger partial charge is 0.133 e. The number of hydrogen-bond acceptors (Lipinski definition) is 4. The number of anilines is 1. The van der Waals surface area contributed by atoms with E-state index in [0.717, 1.165) is 18.2 Å². The molecule has 1 heterocycles. The maximum atomic E-state index is 4.53. The minimum Gasteiger partial charge on any atom is -0.370 e. The van der Waals surface area contributed by atoms with Crippen LogP contribution in [0.5, 0.6) is 0 Å². The lowest BCUT2D eigenvalue weighted by Gasteiger charge is -2.06. The first-order valence-corrected chi connectivity index (χ1v) is 7.35. The molecule has 1 saturated carbocycles. The molecule has 0 atom stereocenters. The van der Waals surface area contributed by atoms with Crippen molar-refractivity contribution in [2.24, 2.45) is 0 Å². The van der Waals surface area contributed by atoms with Gasteiger partial charge in [0, 0.05) is 18.7 Å². The average molecular weight is 237 g/mol. The van der Waals surface area contributed by atoms with Crippen molar-refractivity contribution in [1.29, 1.82) is 0 Å². The number of nitrogens with zero attached hydrogens (tertiary/aromatic N) is 2. The molecule has 0 amide bonds. The van der Waals surface area contributed by atoms with Gasteiger partial charge >= 0.3 is 0 Å². The molecule has 0 bridgehead atoms. The second kappa shape index (κ2) is 6.09. The molecule has 0 saturated heterocycles. The van der Waals surface area contributed by atoms with Gasteiger partial charge in [-0.25, -0.2) is 9.97 Å². The highest BCUT2D eigenvalue weighted by atomic mass is 32.2. The summed E-state index contributed by atoms with van der Waals surface area (Å²) >= 11 is 1.91. The Kier molecular flexibility index (Phi) is 4.45. The molecule has 1 fully saturated rings. The van der Waals surface area contributed by atoms with E-state index in [0.29, 0.717) is 5.92 Å². The van der Waals surface area contributed by atoms with Crippen LogP contribution in [0.4, 0.5) is 5.82 Å². The van der Waals surface area contributed by atoms with E-state index >= 15 is 0 Å². The fourth-order valence-electron chi connectivity index (χ4n) is 1.60. The summed E-state index contributed by atoms with van der Waals surface area (Å²) < 4.78 is 0. The van der Waals surface area contributed by atoms with Crippen molar-refractivity contribution < 1.29 is 0 Å². The summed E-state index contributed by atoms with van der Waals surface area (Å²) in [5, 5.41) is 3.37. The summed E-state index contributed by atoms with van der Waals surface area (Å²) in [6, 6.07) is 1.96. The van der Waals surface area contributed by atoms with Gasteiger partial charge in [0.2, 0.25) is 0 Å². The monoisotopic (exact) mass is 237 g/mol. The molecule has 0 radical (unpaired) electrons. The second-order valence-electron chi connectivity index (χ2n) is 4.20. The van der Waals surface area contributed by atoms with Crippen LogP contribution in [0.2, 0.25) is 0 Å². The van der Waals surface area contributed by atoms with Gasteiger partial charge < -0.3 is 5.32 Å². The molecule has 1 N–H and O–H groups in total. The van der Waals surface area contributed by atoms with Gasteiger partial charge in [-0.3, -0.25) is 0 Å². The lowest BCUT2D eigenvalue weighted by molar-refractivity contribution is 0.833. The first kappa shape index (κ1) is 11.7. The molecule has 1 aliphatic carbocycles. The summed E-state index contributed by atoms with van der Waals surface area (Å²) in [4.78, 5) is 8.83. The normalized spacial score (nSPS) is 15.1. The van der Waals surface area contributed by atoms with Crippen LogP contribution in [-0.4, -0.2) is 28.5 Å². The Morgan fingerprint density at radius 2 is 2.31 bits per heavy atom. The molecule has 88 valence electrons. The van der Waals surface area contributed by atoms with Gasteiger partial charge in [0.25, 0.3) is 0 Å². The van der Waals surface area contributed by atoms with Crippen LogP contribution in [-0.2, 0) is 0 Å². The summed E-state index contributed by atoms with van der Waals surface area (Å²) in [6.45, 7) is 1.02. The molecule has 0 unspecified atom stereocenters. The molecule has 4 heteroatoms. The highest BCUT2D eigenvalue weighted by molar-refractivity contribution is 7.98. The first-order chi connectivity index (χ1) is 7.90. The number of rotatable bonds is 7. The predicted molar refractivity (Wildman–Crippen MR) is 70.1 cm³/mol. The lowest BCUT2D eigenvalue weighted by atomic mass is 10.3. The number of thioether (sulfide) groups is 1. The summed E-state index contributed by atoms with van der Waals surface area (Å²) in [7, 11) is 0. The quantitative estimate of drug-likeness (QED) is 0.740. The topological polar surface area (TPSA) is 37.8 Å². The Morgan fingerprint density at radius 3 is 3.06 bits per heavy atom. The predicted octanol–water partition coefficient (Wildman–Crippen LogP) is 2.91. The highest BCUT2D eigenvalue weighted by Gasteiger charge is 2.26. The average Bonchev–Trinajstić information content (AvgIpc) is 3.13. The molecule has 0 spiro atoms. The van der Waals surface area contributed by atoms with Crippen LogP contribution in [0.1, 0.15) is 37.4 Å². The van der Waals surface area contributed by atoms with Gasteiger partial charge in [0.1, 0.15) is 11.6 Å². The molecular weight excluding hydrogens is 218 g/mol. The van der Waals surface area contributed by atoms with Gasteiger partial charge in [-0.05, 0) is 43.8 Å². The van der Waals surface area contributed by atoms with Crippen molar-refractivity contribution in [2.75, 3.05) is 23.9 Å². The van der Waals surface area contributed by atoms with Crippen LogP contribution in [0, 0.1) is 0 Å². The molecular formula is C12H19N3S. The Balaban J connectivity index is 1.73. The third kappa shape index (κ3) is 3.67. The van der Waals surface area contributed by atoms with Crippen LogP contribution < -0.4 is 5.32 Å². The van der Waals surface area contributed by atoms with E-state index in [-0.39, 0.29) is 0 Å². The number of aromatic nitrogens is 2. The molecule has 2 rings (SSSR count). The summed E-state index contributed by atoms with van der Waals surface area (Å²) in [5.74, 6) is 3.90. The molecule has 1 aromatic heterocycles. The van der Waals surface area contributed by atoms with E-state index < -0.39 is 0 Å². The van der Waals surface area contributed by atoms with Gasteiger partial charge in [-0.2, -0.15) is 11.8 Å². The van der Waals surface area contributed by atoms with E-state index in [4.69, 9.17) is 0 Å². The van der Waals surface area contributed by atoms with Crippen LogP contribution in [0.15, 0.2) is 12.3 Å². The van der Waals surface area contributed by atoms with Gasteiger partial charge in [0.15, 0.2) is 0 Å². The Bertz CT molecular complexity index is 326. The number of unbranched alkanes of at least 4 members (excludes halogenated alkanes) is 1. The van der Waals surface area contributed by atoms with E-state index in [1.54, 1.807) is 0 Å². The van der Waals surface area contributed by atoms with Gasteiger partial charge in [-0.15, -0.1) is 0 Å². The molecule has 1 aliphatic rings. The van der Waals surface area contributed by atoms with Crippen molar-refractivity contribution >= 4 is 17.6 Å². The molecule has 3 nitrogen and oxygen atoms in total. The Labute approximate surface area is 101 Å². The molecule has 0 aliphatic heterocycles. The molecule has 0 aromatic carbocycles. The minimum atomic E-state index is 0.637. The van der Waals surface area contributed by atoms with Crippen molar-refractivity contribution in [3.8, 4) is 0 Å². The zero-order valence-electron chi connectivity index (χ0n) is 9.78. The maximum Gasteiger partial charge on any atom is 0.133 e. The second-order valence-corrected chi connectivity index (χ2v) is 5.19. The Hall–Kier alpha value is -0.770. The van der Waals surface area contributed by atoms with Crippen molar-refractivity contribution in [1.82, 2.24) is 9.97 Å². The van der Waals surface area contributed by atoms with E-state index in [1.807, 2.05) is 24.0 Å². The number of hydrogen-bond donors (Lipinski definition) is 1. The maximum absolute atomic E-state index is 4.53. The molecule has 1 aromatic rings. The fourth-order valence-corrected chi connectivity index (χ4v) is 2.09. The van der Waals surface area contributed by atoms with Crippen LogP contribution in [0.3, 0.4) is 0 Å². The lowest BCUT2D eigenvalue weighted by Crippen LogP contribution is -2.05. The highest BCUT2D eigenvalue weighted by Crippen LogP contribution is 2.37. The SMILES string of the molecule is CSCCCCNc1ccnc(C2CC2)n1. The van der Waals surface area contributed by atoms with Crippen LogP contribution >= 0.6 is 11.8 Å². The van der Waals surface area contributed by atoms with E-state index in [9.17, 15) is 0 Å². The van der Waals surface area contributed by atoms with Gasteiger partial charge in [-0.1, -0.05) is 0 Å². The third-order valence-electron chi connectivity index (χ3n) is 2.70. The zero-order valence-corrected chi connectivity index (χ0v) is 10.6. The largest absolute Gasteiger partial charge is 0.370 e. The Morgan fingerprint density at radius 1 is 1.44 bits per heavy atom. The van der Waals surface area contributed by atoms with Crippen molar-refractivity contribution in [2.45, 2.75) is 31.6 Å². The minimum absolute atomic E-state index is 0.637. The zero-order chi connectivity index (χ0) is 11.2. The first-order valence-electron chi connectivity index (χ1n) is 5.96. The third-order valence-corrected chi connectivity index (χ3v) is 3.39. The van der Waals surface area contributed by atoms with Crippen LogP contribution in [0.25, 0.3) is 0 Å². The molecule has 16 heavy (non-hydrogen) atoms. The van der Waals surface area contributed by atoms with E-state index in [1.165, 1.54) is 31.4 Å². The standard InChI is InChI=1S/C12H19N3S/c1-16-9-3-2-7-13-11-6-8-14-12(15-11)10-4-5-10/h6,8,10H,2-5,7,9H2,1H3,(H,13,14,15). The van der Waals surface area contributed by atoms with Gasteiger partial charge in [0.05, 0.1) is 0 Å².